The molecule has 7 rings (SSSR count). The molecule has 0 aromatic heterocycles. The monoisotopic (exact) mass is 854 g/mol. The minimum Gasteiger partial charge on any atom is -0.411 e. The van der Waals surface area contributed by atoms with Crippen LogP contribution in [0.2, 0.25) is 23.2 Å². The molecule has 3 saturated heterocycles. The highest BCUT2D eigenvalue weighted by atomic mass is 28.4. The summed E-state index contributed by atoms with van der Waals surface area (Å²) in [5.41, 5.74) is 1.10. The summed E-state index contributed by atoms with van der Waals surface area (Å²) in [5.74, 6) is -0.603. The Bertz CT molecular complexity index is 1830. The normalized spacial score (nSPS) is 29.9. The molecule has 0 N–H and O–H groups in total. The van der Waals surface area contributed by atoms with E-state index in [4.69, 9.17) is 37.3 Å². The zero-order valence-electron chi connectivity index (χ0n) is 37.7. The maximum Gasteiger partial charge on any atom is 0.261 e. The first-order valence-electron chi connectivity index (χ1n) is 22.2. The third-order valence-electron chi connectivity index (χ3n) is 13.2. The van der Waals surface area contributed by atoms with Crippen molar-refractivity contribution in [1.29, 1.82) is 0 Å². The lowest BCUT2D eigenvalue weighted by atomic mass is 9.86. The van der Waals surface area contributed by atoms with Gasteiger partial charge in [-0.3, -0.25) is 0 Å². The lowest BCUT2D eigenvalue weighted by Gasteiger charge is -2.53. The van der Waals surface area contributed by atoms with Gasteiger partial charge in [0, 0.05) is 13.0 Å². The van der Waals surface area contributed by atoms with Crippen LogP contribution in [-0.2, 0) is 43.9 Å². The molecule has 3 aromatic rings. The van der Waals surface area contributed by atoms with E-state index in [9.17, 15) is 0 Å². The highest BCUT2D eigenvalue weighted by molar-refractivity contribution is 6.99. The highest BCUT2D eigenvalue weighted by Gasteiger charge is 2.55. The van der Waals surface area contributed by atoms with Gasteiger partial charge in [0.15, 0.2) is 14.1 Å². The first-order valence-corrected chi connectivity index (χ1v) is 27.0. The fourth-order valence-electron chi connectivity index (χ4n) is 9.08. The van der Waals surface area contributed by atoms with E-state index in [-0.39, 0.29) is 65.0 Å². The van der Waals surface area contributed by atoms with Crippen molar-refractivity contribution < 1.29 is 37.3 Å². The average molecular weight is 855 g/mol. The van der Waals surface area contributed by atoms with Crippen molar-refractivity contribution in [1.82, 2.24) is 0 Å². The minimum atomic E-state index is -2.78. The van der Waals surface area contributed by atoms with E-state index in [1.807, 2.05) is 19.9 Å². The Balaban J connectivity index is 1.19. The first kappa shape index (κ1) is 45.3. The molecule has 0 saturated carbocycles. The molecule has 0 aliphatic carbocycles. The van der Waals surface area contributed by atoms with Crippen molar-refractivity contribution in [3.63, 3.8) is 0 Å². The zero-order valence-corrected chi connectivity index (χ0v) is 39.7. The lowest BCUT2D eigenvalue weighted by molar-refractivity contribution is -0.297. The summed E-state index contributed by atoms with van der Waals surface area (Å²) in [6, 6.07) is 32.1. The fourth-order valence-corrected chi connectivity index (χ4v) is 15.0. The Labute approximate surface area is 362 Å². The second kappa shape index (κ2) is 18.5. The minimum absolute atomic E-state index is 0.0214. The number of rotatable bonds is 13. The van der Waals surface area contributed by atoms with Crippen molar-refractivity contribution in [3.05, 3.63) is 121 Å². The predicted octanol–water partition coefficient (Wildman–Crippen LogP) is 9.28. The largest absolute Gasteiger partial charge is 0.411 e. The molecular formula is C50H70O8Si2. The summed E-state index contributed by atoms with van der Waals surface area (Å²) < 4.78 is 55.1. The Kier molecular flexibility index (Phi) is 14.0. The van der Waals surface area contributed by atoms with E-state index in [0.717, 1.165) is 5.56 Å². The Morgan fingerprint density at radius 2 is 1.37 bits per heavy atom. The maximum absolute atomic E-state index is 7.47. The number of ether oxygens (including phenoxy) is 6. The highest BCUT2D eigenvalue weighted by Crippen LogP contribution is 2.44. The molecule has 0 unspecified atom stereocenters. The SMILES string of the molecule is CC1(C)OC[C@H](/C=C/[C@H]2C=CC[C@@H]3O[C@@H]4C[C@H](O[Si](C)(C)C(C)(C)C)[C@@H](CCO[Si](c5ccccc5)(c5ccccc5)C(C)(C)C)O[C@H]4[C@H](OCc4ccccc4)[C@H]3O2)O1. The number of hydrogen-bond acceptors (Lipinski definition) is 8. The molecule has 10 heteroatoms. The summed E-state index contributed by atoms with van der Waals surface area (Å²) in [5, 5.41) is 2.41. The van der Waals surface area contributed by atoms with Gasteiger partial charge in [-0.15, -0.1) is 0 Å². The van der Waals surface area contributed by atoms with Gasteiger partial charge in [0.1, 0.15) is 24.4 Å². The topological polar surface area (TPSA) is 73.8 Å². The van der Waals surface area contributed by atoms with Crippen molar-refractivity contribution in [2.24, 2.45) is 0 Å². The maximum atomic E-state index is 7.47. The van der Waals surface area contributed by atoms with Gasteiger partial charge in [0.25, 0.3) is 8.32 Å². The van der Waals surface area contributed by atoms with Crippen LogP contribution in [0.5, 0.6) is 0 Å². The quantitative estimate of drug-likeness (QED) is 0.125. The van der Waals surface area contributed by atoms with Crippen LogP contribution in [0.4, 0.5) is 0 Å². The van der Waals surface area contributed by atoms with Gasteiger partial charge < -0.3 is 37.3 Å². The molecular weight excluding hydrogens is 785 g/mol. The summed E-state index contributed by atoms with van der Waals surface area (Å²) >= 11 is 0. The lowest BCUT2D eigenvalue weighted by Crippen LogP contribution is -2.67. The molecule has 8 nitrogen and oxygen atoms in total. The van der Waals surface area contributed by atoms with E-state index in [2.05, 4.69) is 164 Å². The Morgan fingerprint density at radius 3 is 1.95 bits per heavy atom. The molecule has 9 atom stereocenters. The summed E-state index contributed by atoms with van der Waals surface area (Å²) in [6.07, 6.45) is 8.10. The van der Waals surface area contributed by atoms with Crippen LogP contribution >= 0.6 is 0 Å². The van der Waals surface area contributed by atoms with Crippen LogP contribution in [0.1, 0.15) is 80.2 Å². The third kappa shape index (κ3) is 10.2. The van der Waals surface area contributed by atoms with Gasteiger partial charge in [0.05, 0.1) is 43.7 Å². The van der Waals surface area contributed by atoms with Crippen LogP contribution in [0.15, 0.2) is 115 Å². The van der Waals surface area contributed by atoms with Gasteiger partial charge in [-0.25, -0.2) is 0 Å². The standard InChI is InChI=1S/C50H70O8Si2/c1-48(2,3)59(9,10)58-43-33-44-46(56-41(43)31-32-53-60(49(4,5)6,39-24-16-12-17-25-39)40-26-18-13-19-27-40)47(51-34-36-21-14-11-15-22-36)45-42(55-44)28-20-23-37(54-45)29-30-38-35-52-50(7,8)57-38/h11-27,29-30,37-38,41-47H,28,31-35H2,1-10H3/b30-29+/t37-,38+,41-,42+,43+,44-,45+,46-,47-/m1/s1. The molecule has 60 heavy (non-hydrogen) atoms. The molecule has 4 heterocycles. The molecule has 4 aliphatic heterocycles. The molecule has 0 amide bonds. The average Bonchev–Trinajstić information content (AvgIpc) is 3.42. The van der Waals surface area contributed by atoms with Gasteiger partial charge in [-0.2, -0.15) is 0 Å². The number of fused-ring (bicyclic) bond motifs is 2. The molecule has 0 spiro atoms. The molecule has 4 aliphatic rings. The predicted molar refractivity (Wildman–Crippen MR) is 244 cm³/mol. The second-order valence-electron chi connectivity index (χ2n) is 20.0. The Hall–Kier alpha value is -2.75. The third-order valence-corrected chi connectivity index (χ3v) is 22.7. The number of benzene rings is 3. The van der Waals surface area contributed by atoms with Gasteiger partial charge >= 0.3 is 0 Å². The molecule has 0 radical (unpaired) electrons. The fraction of sp³-hybridized carbons (Fsp3) is 0.560. The van der Waals surface area contributed by atoms with Gasteiger partial charge in [0.2, 0.25) is 0 Å². The molecule has 0 bridgehead atoms. The molecule has 3 fully saturated rings. The van der Waals surface area contributed by atoms with E-state index in [0.29, 0.717) is 39.1 Å². The van der Waals surface area contributed by atoms with E-state index in [1.54, 1.807) is 0 Å². The molecule has 3 aromatic carbocycles. The van der Waals surface area contributed by atoms with E-state index < -0.39 is 22.4 Å². The van der Waals surface area contributed by atoms with Gasteiger partial charge in [-0.1, -0.05) is 157 Å². The van der Waals surface area contributed by atoms with Crippen molar-refractivity contribution in [2.45, 2.75) is 165 Å². The Morgan fingerprint density at radius 1 is 0.750 bits per heavy atom. The van der Waals surface area contributed by atoms with E-state index >= 15 is 0 Å². The van der Waals surface area contributed by atoms with Crippen LogP contribution in [-0.4, -0.2) is 90.6 Å². The smallest absolute Gasteiger partial charge is 0.261 e. The van der Waals surface area contributed by atoms with Crippen molar-refractivity contribution in [2.75, 3.05) is 13.2 Å². The summed E-state index contributed by atoms with van der Waals surface area (Å²) in [4.78, 5) is 0. The summed E-state index contributed by atoms with van der Waals surface area (Å²) in [7, 11) is -5.00. The van der Waals surface area contributed by atoms with Crippen molar-refractivity contribution in [3.8, 4) is 0 Å². The van der Waals surface area contributed by atoms with E-state index in [1.165, 1.54) is 10.4 Å². The van der Waals surface area contributed by atoms with Crippen LogP contribution in [0, 0.1) is 0 Å². The summed E-state index contributed by atoms with van der Waals surface area (Å²) in [6.45, 7) is 23.9. The van der Waals surface area contributed by atoms with Crippen LogP contribution < -0.4 is 10.4 Å². The zero-order chi connectivity index (χ0) is 42.8. The second-order valence-corrected chi connectivity index (χ2v) is 29.1. The number of hydrogen-bond donors (Lipinski definition) is 0. The van der Waals surface area contributed by atoms with Crippen molar-refractivity contribution >= 4 is 27.0 Å². The van der Waals surface area contributed by atoms with Crippen LogP contribution in [0.3, 0.4) is 0 Å². The molecule has 326 valence electrons. The van der Waals surface area contributed by atoms with Crippen LogP contribution in [0.25, 0.3) is 0 Å². The first-order chi connectivity index (χ1) is 28.5. The van der Waals surface area contributed by atoms with Gasteiger partial charge in [-0.05, 0) is 65.8 Å².